The highest BCUT2D eigenvalue weighted by molar-refractivity contribution is 7.80. The fourth-order valence-electron chi connectivity index (χ4n) is 3.84. The first kappa shape index (κ1) is 22.3. The quantitative estimate of drug-likeness (QED) is 0.698. The Hall–Kier alpha value is -2.43. The van der Waals surface area contributed by atoms with Crippen molar-refractivity contribution < 1.29 is 26.7 Å². The van der Waals surface area contributed by atoms with E-state index in [1.54, 1.807) is 17.0 Å². The summed E-state index contributed by atoms with van der Waals surface area (Å²) in [5, 5.41) is 0. The summed E-state index contributed by atoms with van der Waals surface area (Å²) in [7, 11) is 0. The average molecular weight is 441 g/mol. The van der Waals surface area contributed by atoms with Gasteiger partial charge in [0.25, 0.3) is 17.2 Å². The molecule has 1 saturated heterocycles. The summed E-state index contributed by atoms with van der Waals surface area (Å²) in [6.45, 7) is 4.48. The minimum Gasteiger partial charge on any atom is -0.331 e. The van der Waals surface area contributed by atoms with Gasteiger partial charge in [0.1, 0.15) is 17.5 Å². The Bertz CT molecular complexity index is 923. The van der Waals surface area contributed by atoms with Crippen molar-refractivity contribution in [3.05, 3.63) is 65.0 Å². The van der Waals surface area contributed by atoms with E-state index < -0.39 is 28.7 Å². The molecule has 0 aliphatic carbocycles. The molecule has 0 spiro atoms. The maximum Gasteiger partial charge on any atom is 0.259 e. The molecule has 1 fully saturated rings. The fraction of sp³-hybridized carbons (Fsp3) is 0.350. The minimum atomic E-state index is -2.20. The molecule has 10 heteroatoms. The summed E-state index contributed by atoms with van der Waals surface area (Å²) in [6.07, 6.45) is 0. The molecule has 3 rings (SSSR count). The highest BCUT2D eigenvalue weighted by Crippen LogP contribution is 2.23. The van der Waals surface area contributed by atoms with Crippen molar-refractivity contribution in [1.29, 1.82) is 0 Å². The van der Waals surface area contributed by atoms with E-state index in [9.17, 15) is 22.2 Å². The summed E-state index contributed by atoms with van der Waals surface area (Å²) >= 11 is -2.20. The Morgan fingerprint density at radius 2 is 1.63 bits per heavy atom. The fourth-order valence-corrected chi connectivity index (χ4v) is 4.18. The number of hydrogen-bond donors (Lipinski definition) is 2. The second-order valence-electron chi connectivity index (χ2n) is 7.38. The van der Waals surface area contributed by atoms with Crippen LogP contribution in [0.3, 0.4) is 0 Å². The lowest BCUT2D eigenvalue weighted by Crippen LogP contribution is -2.58. The molecule has 1 amide bonds. The molecule has 3 unspecified atom stereocenters. The molecule has 2 aromatic rings. The summed E-state index contributed by atoms with van der Waals surface area (Å²) in [6, 6.07) is 7.07. The predicted octanol–water partition coefficient (Wildman–Crippen LogP) is 3.39. The number of hydrogen-bond acceptors (Lipinski definition) is 3. The Balaban J connectivity index is 1.70. The largest absolute Gasteiger partial charge is 0.331 e. The van der Waals surface area contributed by atoms with Crippen LogP contribution in [-0.2, 0) is 17.8 Å². The molecule has 1 aliphatic heterocycles. The number of anilines is 1. The third kappa shape index (κ3) is 5.00. The van der Waals surface area contributed by atoms with Crippen molar-refractivity contribution in [2.45, 2.75) is 32.5 Å². The number of carbonyl (C=O) groups is 1. The van der Waals surface area contributed by atoms with Crippen LogP contribution in [0.2, 0.25) is 0 Å². The lowest BCUT2D eigenvalue weighted by molar-refractivity contribution is 0.0262. The zero-order chi connectivity index (χ0) is 22.0. The van der Waals surface area contributed by atoms with Crippen molar-refractivity contribution >= 4 is 22.9 Å². The van der Waals surface area contributed by atoms with Crippen LogP contribution >= 0.6 is 0 Å². The van der Waals surface area contributed by atoms with Gasteiger partial charge in [-0.1, -0.05) is 0 Å². The van der Waals surface area contributed by atoms with Crippen LogP contribution in [0, 0.1) is 17.5 Å². The van der Waals surface area contributed by atoms with Crippen LogP contribution in [0.4, 0.5) is 18.9 Å². The number of benzene rings is 2. The monoisotopic (exact) mass is 441 g/mol. The predicted molar refractivity (Wildman–Crippen MR) is 108 cm³/mol. The molecular formula is C20H22F3N3O3S. The first-order chi connectivity index (χ1) is 14.2. The van der Waals surface area contributed by atoms with E-state index in [1.807, 2.05) is 18.7 Å². The molecule has 0 bridgehead atoms. The lowest BCUT2D eigenvalue weighted by Gasteiger charge is -2.44. The molecule has 6 nitrogen and oxygen atoms in total. The minimum absolute atomic E-state index is 0.0205. The number of piperazine rings is 1. The number of rotatable bonds is 5. The SMILES string of the molecule is CC1CN(Cc2c(F)cc(F)cc2F)CC(C)N1C(=O)c1ccc(NS(=O)O)cc1. The molecule has 162 valence electrons. The maximum atomic E-state index is 14.0. The van der Waals surface area contributed by atoms with Crippen molar-refractivity contribution in [1.82, 2.24) is 9.80 Å². The second kappa shape index (κ2) is 9.15. The Labute approximate surface area is 175 Å². The molecular weight excluding hydrogens is 419 g/mol. The van der Waals surface area contributed by atoms with Gasteiger partial charge < -0.3 is 4.90 Å². The molecule has 0 radical (unpaired) electrons. The van der Waals surface area contributed by atoms with Gasteiger partial charge in [-0.2, -0.15) is 0 Å². The van der Waals surface area contributed by atoms with Gasteiger partial charge in [0.2, 0.25) is 0 Å². The molecule has 2 aromatic carbocycles. The number of nitrogens with zero attached hydrogens (tertiary/aromatic N) is 2. The summed E-state index contributed by atoms with van der Waals surface area (Å²) < 4.78 is 63.1. The van der Waals surface area contributed by atoms with Crippen LogP contribution in [0.25, 0.3) is 0 Å². The third-order valence-electron chi connectivity index (χ3n) is 5.05. The molecule has 1 heterocycles. The number of halogens is 3. The number of nitrogens with one attached hydrogen (secondary N) is 1. The molecule has 3 atom stereocenters. The van der Waals surface area contributed by atoms with E-state index in [0.29, 0.717) is 36.5 Å². The molecule has 0 saturated carbocycles. The smallest absolute Gasteiger partial charge is 0.259 e. The van der Waals surface area contributed by atoms with Crippen molar-refractivity contribution in [2.24, 2.45) is 0 Å². The first-order valence-electron chi connectivity index (χ1n) is 9.31. The summed E-state index contributed by atoms with van der Waals surface area (Å²) in [5.41, 5.74) is 0.633. The van der Waals surface area contributed by atoms with Crippen LogP contribution in [-0.4, -0.2) is 49.6 Å². The van der Waals surface area contributed by atoms with Gasteiger partial charge in [-0.25, -0.2) is 17.4 Å². The third-order valence-corrected chi connectivity index (χ3v) is 5.46. The highest BCUT2D eigenvalue weighted by Gasteiger charge is 2.34. The Morgan fingerprint density at radius 3 is 2.13 bits per heavy atom. The van der Waals surface area contributed by atoms with E-state index >= 15 is 0 Å². The topological polar surface area (TPSA) is 72.9 Å². The van der Waals surface area contributed by atoms with Crippen molar-refractivity contribution in [3.8, 4) is 0 Å². The zero-order valence-corrected chi connectivity index (χ0v) is 17.3. The first-order valence-corrected chi connectivity index (χ1v) is 10.4. The van der Waals surface area contributed by atoms with E-state index in [1.165, 1.54) is 12.1 Å². The van der Waals surface area contributed by atoms with E-state index in [4.69, 9.17) is 4.55 Å². The van der Waals surface area contributed by atoms with E-state index in [0.717, 1.165) is 0 Å². The molecule has 0 aromatic heterocycles. The van der Waals surface area contributed by atoms with Gasteiger partial charge in [0.15, 0.2) is 0 Å². The second-order valence-corrected chi connectivity index (χ2v) is 8.08. The number of amides is 1. The van der Waals surface area contributed by atoms with Gasteiger partial charge >= 0.3 is 0 Å². The van der Waals surface area contributed by atoms with Gasteiger partial charge in [-0.15, -0.1) is 0 Å². The van der Waals surface area contributed by atoms with E-state index in [2.05, 4.69) is 4.72 Å². The summed E-state index contributed by atoms with van der Waals surface area (Å²) in [4.78, 5) is 16.5. The van der Waals surface area contributed by atoms with Crippen molar-refractivity contribution in [2.75, 3.05) is 17.8 Å². The van der Waals surface area contributed by atoms with E-state index in [-0.39, 0.29) is 30.1 Å². The van der Waals surface area contributed by atoms with Gasteiger partial charge in [0, 0.05) is 60.7 Å². The highest BCUT2D eigenvalue weighted by atomic mass is 32.2. The Kier molecular flexibility index (Phi) is 6.79. The van der Waals surface area contributed by atoms with Crippen molar-refractivity contribution in [3.63, 3.8) is 0 Å². The zero-order valence-electron chi connectivity index (χ0n) is 16.4. The lowest BCUT2D eigenvalue weighted by atomic mass is 10.0. The van der Waals surface area contributed by atoms with Crippen LogP contribution in [0.5, 0.6) is 0 Å². The van der Waals surface area contributed by atoms with Crippen LogP contribution < -0.4 is 4.72 Å². The maximum absolute atomic E-state index is 14.0. The Morgan fingerprint density at radius 1 is 1.10 bits per heavy atom. The number of carbonyl (C=O) groups excluding carboxylic acids is 1. The van der Waals surface area contributed by atoms with Crippen LogP contribution in [0.15, 0.2) is 36.4 Å². The average Bonchev–Trinajstić information content (AvgIpc) is 2.64. The van der Waals surface area contributed by atoms with Crippen LogP contribution in [0.1, 0.15) is 29.8 Å². The normalized spacial score (nSPS) is 20.8. The van der Waals surface area contributed by atoms with Gasteiger partial charge in [-0.3, -0.25) is 19.0 Å². The van der Waals surface area contributed by atoms with Gasteiger partial charge in [-0.05, 0) is 38.1 Å². The standard InChI is InChI=1S/C20H22F3N3O3S/c1-12-9-25(11-17-18(22)7-15(21)8-19(17)23)10-13(2)26(12)20(27)14-3-5-16(6-4-14)24-30(28)29/h3-8,12-13,24H,9-11H2,1-2H3,(H,28,29). The van der Waals surface area contributed by atoms with Gasteiger partial charge in [0.05, 0.1) is 0 Å². The summed E-state index contributed by atoms with van der Waals surface area (Å²) in [5.74, 6) is -3.02. The molecule has 30 heavy (non-hydrogen) atoms. The molecule has 2 N–H and O–H groups in total. The molecule has 1 aliphatic rings.